The van der Waals surface area contributed by atoms with Gasteiger partial charge >= 0.3 is 0 Å². The summed E-state index contributed by atoms with van der Waals surface area (Å²) in [5.41, 5.74) is 5.85. The minimum absolute atomic E-state index is 0.232. The molecule has 1 amide bonds. The average molecular weight is 284 g/mol. The molecule has 0 bridgehead atoms. The van der Waals surface area contributed by atoms with E-state index in [2.05, 4.69) is 11.8 Å². The van der Waals surface area contributed by atoms with Crippen LogP contribution in [-0.4, -0.2) is 40.4 Å². The van der Waals surface area contributed by atoms with Crippen LogP contribution in [0.2, 0.25) is 0 Å². The van der Waals surface area contributed by atoms with Crippen LogP contribution in [0, 0.1) is 0 Å². The van der Waals surface area contributed by atoms with E-state index in [-0.39, 0.29) is 5.91 Å². The summed E-state index contributed by atoms with van der Waals surface area (Å²) < 4.78 is 0. The highest BCUT2D eigenvalue weighted by Crippen LogP contribution is 2.30. The van der Waals surface area contributed by atoms with Gasteiger partial charge in [0.05, 0.1) is 5.54 Å². The molecule has 1 heterocycles. The van der Waals surface area contributed by atoms with Crippen molar-refractivity contribution in [2.24, 2.45) is 5.73 Å². The van der Waals surface area contributed by atoms with E-state index in [0.29, 0.717) is 5.25 Å². The fourth-order valence-electron chi connectivity index (χ4n) is 3.37. The predicted octanol–water partition coefficient (Wildman–Crippen LogP) is 2.78. The molecule has 1 unspecified atom stereocenters. The Kier molecular flexibility index (Phi) is 5.58. The molecule has 1 saturated heterocycles. The Bertz CT molecular complexity index is 303. The van der Waals surface area contributed by atoms with E-state index in [1.165, 1.54) is 19.3 Å². The smallest absolute Gasteiger partial charge is 0.242 e. The number of rotatable bonds is 3. The topological polar surface area (TPSA) is 46.3 Å². The molecule has 2 rings (SSSR count). The molecule has 4 heteroatoms. The number of amides is 1. The largest absolute Gasteiger partial charge is 0.340 e. The van der Waals surface area contributed by atoms with Crippen LogP contribution in [0.3, 0.4) is 0 Å². The highest BCUT2D eigenvalue weighted by molar-refractivity contribution is 7.99. The maximum Gasteiger partial charge on any atom is 0.242 e. The van der Waals surface area contributed by atoms with Gasteiger partial charge in [0, 0.05) is 18.3 Å². The van der Waals surface area contributed by atoms with Crippen molar-refractivity contribution in [3.8, 4) is 0 Å². The lowest BCUT2D eigenvalue weighted by atomic mass is 9.81. The molecule has 0 radical (unpaired) electrons. The van der Waals surface area contributed by atoms with Gasteiger partial charge in [0.2, 0.25) is 5.91 Å². The van der Waals surface area contributed by atoms with Crippen molar-refractivity contribution in [3.63, 3.8) is 0 Å². The molecule has 0 aromatic heterocycles. The molecule has 3 nitrogen and oxygen atoms in total. The average Bonchev–Trinajstić information content (AvgIpc) is 2.65. The first-order valence-corrected chi connectivity index (χ1v) is 8.90. The Labute approximate surface area is 121 Å². The summed E-state index contributed by atoms with van der Waals surface area (Å²) in [6.07, 6.45) is 8.87. The highest BCUT2D eigenvalue weighted by Gasteiger charge is 2.39. The number of carbonyl (C=O) groups excluding carboxylic acids is 1. The van der Waals surface area contributed by atoms with Gasteiger partial charge in [-0.15, -0.1) is 0 Å². The van der Waals surface area contributed by atoms with Crippen molar-refractivity contribution >= 4 is 17.7 Å². The summed E-state index contributed by atoms with van der Waals surface area (Å²) in [4.78, 5) is 14.8. The first kappa shape index (κ1) is 15.2. The van der Waals surface area contributed by atoms with Crippen LogP contribution >= 0.6 is 11.8 Å². The summed E-state index contributed by atoms with van der Waals surface area (Å²) in [5, 5.41) is 0.614. The van der Waals surface area contributed by atoms with Gasteiger partial charge in [0.15, 0.2) is 0 Å². The minimum Gasteiger partial charge on any atom is -0.340 e. The number of nitrogens with two attached hydrogens (primary N) is 1. The van der Waals surface area contributed by atoms with Gasteiger partial charge < -0.3 is 10.6 Å². The maximum atomic E-state index is 12.8. The molecule has 1 atom stereocenters. The standard InChI is InChI=1S/C15H28N2OS/c1-2-19-13-8-4-7-11-17(12-13)14(18)15(16)9-5-3-6-10-15/h13H,2-12,16H2,1H3. The van der Waals surface area contributed by atoms with E-state index in [1.807, 2.05) is 11.8 Å². The molecule has 1 aliphatic heterocycles. The minimum atomic E-state index is -0.552. The van der Waals surface area contributed by atoms with Gasteiger partial charge in [-0.05, 0) is 31.4 Å². The maximum absolute atomic E-state index is 12.8. The zero-order valence-corrected chi connectivity index (χ0v) is 13.0. The molecule has 0 aromatic rings. The molecule has 1 aliphatic carbocycles. The summed E-state index contributed by atoms with van der Waals surface area (Å²) >= 11 is 2.00. The lowest BCUT2D eigenvalue weighted by molar-refractivity contribution is -0.138. The Balaban J connectivity index is 1.99. The molecule has 1 saturated carbocycles. The lowest BCUT2D eigenvalue weighted by Gasteiger charge is -2.37. The van der Waals surface area contributed by atoms with Crippen LogP contribution in [-0.2, 0) is 4.79 Å². The number of nitrogens with zero attached hydrogens (tertiary/aromatic N) is 1. The van der Waals surface area contributed by atoms with Crippen LogP contribution in [0.15, 0.2) is 0 Å². The zero-order valence-electron chi connectivity index (χ0n) is 12.2. The van der Waals surface area contributed by atoms with E-state index in [0.717, 1.165) is 50.9 Å². The summed E-state index contributed by atoms with van der Waals surface area (Å²) in [5.74, 6) is 1.37. The van der Waals surface area contributed by atoms with Crippen molar-refractivity contribution in [3.05, 3.63) is 0 Å². The third-order valence-corrected chi connectivity index (χ3v) is 5.68. The van der Waals surface area contributed by atoms with E-state index in [4.69, 9.17) is 5.73 Å². The van der Waals surface area contributed by atoms with Gasteiger partial charge in [-0.1, -0.05) is 32.6 Å². The van der Waals surface area contributed by atoms with Crippen LogP contribution in [0.5, 0.6) is 0 Å². The van der Waals surface area contributed by atoms with Gasteiger partial charge in [0.1, 0.15) is 0 Å². The van der Waals surface area contributed by atoms with Crippen molar-refractivity contribution < 1.29 is 4.79 Å². The number of thioether (sulfide) groups is 1. The second-order valence-electron chi connectivity index (χ2n) is 6.04. The quantitative estimate of drug-likeness (QED) is 0.867. The van der Waals surface area contributed by atoms with Crippen LogP contribution in [0.1, 0.15) is 58.3 Å². The molecule has 2 aliphatic rings. The molecule has 0 aromatic carbocycles. The molecule has 0 spiro atoms. The fraction of sp³-hybridized carbons (Fsp3) is 0.933. The van der Waals surface area contributed by atoms with Crippen molar-refractivity contribution in [2.45, 2.75) is 69.1 Å². The third kappa shape index (κ3) is 3.88. The molecule has 2 N–H and O–H groups in total. The first-order chi connectivity index (χ1) is 9.15. The Morgan fingerprint density at radius 2 is 2.00 bits per heavy atom. The van der Waals surface area contributed by atoms with E-state index in [9.17, 15) is 4.79 Å². The second-order valence-corrected chi connectivity index (χ2v) is 7.62. The summed E-state index contributed by atoms with van der Waals surface area (Å²) in [6, 6.07) is 0. The summed E-state index contributed by atoms with van der Waals surface area (Å²) in [6.45, 7) is 4.03. The van der Waals surface area contributed by atoms with Crippen molar-refractivity contribution in [1.82, 2.24) is 4.90 Å². The van der Waals surface area contributed by atoms with Gasteiger partial charge in [-0.2, -0.15) is 11.8 Å². The SMILES string of the molecule is CCSC1CCCCN(C(=O)C2(N)CCCCC2)C1. The zero-order chi connectivity index (χ0) is 13.7. The third-order valence-electron chi connectivity index (χ3n) is 4.49. The van der Waals surface area contributed by atoms with E-state index < -0.39 is 5.54 Å². The van der Waals surface area contributed by atoms with Gasteiger partial charge in [-0.25, -0.2) is 0 Å². The monoisotopic (exact) mass is 284 g/mol. The van der Waals surface area contributed by atoms with Crippen molar-refractivity contribution in [2.75, 3.05) is 18.8 Å². The van der Waals surface area contributed by atoms with E-state index >= 15 is 0 Å². The second kappa shape index (κ2) is 6.98. The Morgan fingerprint density at radius 1 is 1.26 bits per heavy atom. The molecule has 110 valence electrons. The Morgan fingerprint density at radius 3 is 2.68 bits per heavy atom. The Hall–Kier alpha value is -0.220. The number of hydrogen-bond donors (Lipinski definition) is 1. The predicted molar refractivity (Wildman–Crippen MR) is 82.4 cm³/mol. The summed E-state index contributed by atoms with van der Waals surface area (Å²) in [7, 11) is 0. The van der Waals surface area contributed by atoms with Crippen LogP contribution in [0.25, 0.3) is 0 Å². The normalized spacial score (nSPS) is 27.9. The molecule has 19 heavy (non-hydrogen) atoms. The van der Waals surface area contributed by atoms with Crippen LogP contribution in [0.4, 0.5) is 0 Å². The molecular formula is C15H28N2OS. The van der Waals surface area contributed by atoms with E-state index in [1.54, 1.807) is 0 Å². The number of carbonyl (C=O) groups is 1. The number of hydrogen-bond acceptors (Lipinski definition) is 3. The van der Waals surface area contributed by atoms with Gasteiger partial charge in [0.25, 0.3) is 0 Å². The first-order valence-electron chi connectivity index (χ1n) is 7.85. The fourth-order valence-corrected chi connectivity index (χ4v) is 4.46. The van der Waals surface area contributed by atoms with Crippen molar-refractivity contribution in [1.29, 1.82) is 0 Å². The molecule has 2 fully saturated rings. The molecular weight excluding hydrogens is 256 g/mol. The highest BCUT2D eigenvalue weighted by atomic mass is 32.2. The number of likely N-dealkylation sites (tertiary alicyclic amines) is 1. The van der Waals surface area contributed by atoms with Gasteiger partial charge in [-0.3, -0.25) is 4.79 Å². The lowest BCUT2D eigenvalue weighted by Crippen LogP contribution is -2.57. The van der Waals surface area contributed by atoms with Crippen LogP contribution < -0.4 is 5.73 Å².